The maximum absolute atomic E-state index is 10.7. The Kier molecular flexibility index (Phi) is 15.0. The Hall–Kier alpha value is -0.980. The molecule has 0 aromatic heterocycles. The molecule has 1 aliphatic carbocycles. The Balaban J connectivity index is 2.68. The van der Waals surface area contributed by atoms with Gasteiger partial charge in [-0.2, -0.15) is 0 Å². The predicted molar refractivity (Wildman–Crippen MR) is 129 cm³/mol. The minimum Gasteiger partial charge on any atom is -0.497 e. The van der Waals surface area contributed by atoms with Gasteiger partial charge in [0.25, 0.3) is 0 Å². The van der Waals surface area contributed by atoms with Crippen LogP contribution in [0.25, 0.3) is 0 Å². The summed E-state index contributed by atoms with van der Waals surface area (Å²) in [6.45, 7) is 7.16. The number of aliphatic hydroxyl groups is 2. The molecule has 0 aromatic carbocycles. The van der Waals surface area contributed by atoms with Crippen LogP contribution in [-0.2, 0) is 9.53 Å². The van der Waals surface area contributed by atoms with Crippen molar-refractivity contribution in [1.82, 2.24) is 0 Å². The number of carboxylic acids is 1. The molecule has 0 saturated carbocycles. The lowest BCUT2D eigenvalue weighted by molar-refractivity contribution is -0.137. The van der Waals surface area contributed by atoms with Gasteiger partial charge in [0.05, 0.1) is 18.8 Å². The van der Waals surface area contributed by atoms with Crippen LogP contribution in [0, 0.1) is 11.8 Å². The average molecular weight is 457 g/mol. The van der Waals surface area contributed by atoms with E-state index in [9.17, 15) is 15.0 Å². The van der Waals surface area contributed by atoms with Gasteiger partial charge in [-0.15, -0.1) is 11.8 Å². The molecule has 0 bridgehead atoms. The van der Waals surface area contributed by atoms with Crippen LogP contribution in [0.5, 0.6) is 0 Å². The molecule has 4 atom stereocenters. The maximum atomic E-state index is 10.7. The highest BCUT2D eigenvalue weighted by Crippen LogP contribution is 2.41. The summed E-state index contributed by atoms with van der Waals surface area (Å²) in [5, 5.41) is 29.9. The van der Waals surface area contributed by atoms with E-state index in [4.69, 9.17) is 9.84 Å². The molecule has 180 valence electrons. The average Bonchev–Trinajstić information content (AvgIpc) is 3.01. The molecule has 0 saturated heterocycles. The second-order valence-corrected chi connectivity index (χ2v) is 9.91. The highest BCUT2D eigenvalue weighted by atomic mass is 32.2. The Labute approximate surface area is 193 Å². The lowest BCUT2D eigenvalue weighted by Crippen LogP contribution is -2.15. The third kappa shape index (κ3) is 12.0. The molecule has 3 N–H and O–H groups in total. The van der Waals surface area contributed by atoms with E-state index in [2.05, 4.69) is 20.8 Å². The van der Waals surface area contributed by atoms with Crippen molar-refractivity contribution in [3.63, 3.8) is 0 Å². The van der Waals surface area contributed by atoms with Crippen molar-refractivity contribution in [3.05, 3.63) is 22.8 Å². The quantitative estimate of drug-likeness (QED) is 0.176. The van der Waals surface area contributed by atoms with Crippen LogP contribution in [0.2, 0.25) is 0 Å². The number of hydrogen-bond donors (Lipinski definition) is 3. The highest BCUT2D eigenvalue weighted by molar-refractivity contribution is 8.03. The van der Waals surface area contributed by atoms with Crippen molar-refractivity contribution in [2.45, 2.75) is 104 Å². The van der Waals surface area contributed by atoms with Crippen molar-refractivity contribution in [2.24, 2.45) is 11.8 Å². The number of aliphatic carboxylic acids is 1. The van der Waals surface area contributed by atoms with E-state index in [1.54, 1.807) is 11.8 Å². The Bertz CT molecular complexity index is 560. The summed E-state index contributed by atoms with van der Waals surface area (Å²) in [6.07, 6.45) is 12.3. The molecule has 0 spiro atoms. The van der Waals surface area contributed by atoms with Crippen molar-refractivity contribution in [3.8, 4) is 0 Å². The summed E-state index contributed by atoms with van der Waals surface area (Å²) in [4.78, 5) is 11.7. The molecule has 31 heavy (non-hydrogen) atoms. The summed E-state index contributed by atoms with van der Waals surface area (Å²) in [5.74, 6) is 1.37. The van der Waals surface area contributed by atoms with E-state index in [0.29, 0.717) is 25.4 Å². The maximum Gasteiger partial charge on any atom is 0.303 e. The van der Waals surface area contributed by atoms with Gasteiger partial charge in [0.15, 0.2) is 0 Å². The van der Waals surface area contributed by atoms with Crippen LogP contribution in [0.15, 0.2) is 22.8 Å². The topological polar surface area (TPSA) is 87.0 Å². The van der Waals surface area contributed by atoms with Crippen LogP contribution >= 0.6 is 11.8 Å². The van der Waals surface area contributed by atoms with E-state index in [-0.39, 0.29) is 12.3 Å². The minimum atomic E-state index is -0.742. The molecule has 6 heteroatoms. The molecule has 0 amide bonds. The molecular weight excluding hydrogens is 412 g/mol. The first kappa shape index (κ1) is 28.1. The van der Waals surface area contributed by atoms with Crippen molar-refractivity contribution < 1.29 is 24.9 Å². The normalized spacial score (nSPS) is 21.1. The molecule has 0 heterocycles. The number of aliphatic hydroxyl groups excluding tert-OH is 2. The van der Waals surface area contributed by atoms with Gasteiger partial charge in [0.1, 0.15) is 5.76 Å². The molecule has 1 rings (SSSR count). The Morgan fingerprint density at radius 1 is 1.19 bits per heavy atom. The number of hydrogen-bond acceptors (Lipinski definition) is 5. The van der Waals surface area contributed by atoms with Crippen LogP contribution in [0.1, 0.15) is 91.4 Å². The molecule has 0 radical (unpaired) electrons. The fourth-order valence-electron chi connectivity index (χ4n) is 3.79. The largest absolute Gasteiger partial charge is 0.497 e. The molecular formula is C25H44O5S. The van der Waals surface area contributed by atoms with E-state index >= 15 is 0 Å². The number of carboxylic acid groups (broad SMARTS) is 1. The van der Waals surface area contributed by atoms with Crippen LogP contribution < -0.4 is 0 Å². The van der Waals surface area contributed by atoms with Gasteiger partial charge in [-0.25, -0.2) is 0 Å². The van der Waals surface area contributed by atoms with Crippen LogP contribution in [0.4, 0.5) is 0 Å². The SMILES string of the molecule is CCCCOC1=C(SCCCCCC(=O)O)[C@@H](C=C[C@@H](O)C[C@H](C)CCCC)[C@H](O)C1. The summed E-state index contributed by atoms with van der Waals surface area (Å²) in [6, 6.07) is 0. The first-order valence-electron chi connectivity index (χ1n) is 12.1. The number of thioether (sulfide) groups is 1. The van der Waals surface area contributed by atoms with Gasteiger partial charge in [0, 0.05) is 23.7 Å². The number of rotatable bonds is 18. The lowest BCUT2D eigenvalue weighted by atomic mass is 9.96. The summed E-state index contributed by atoms with van der Waals surface area (Å²) in [5.41, 5.74) is 0. The zero-order valence-electron chi connectivity index (χ0n) is 19.7. The summed E-state index contributed by atoms with van der Waals surface area (Å²) in [7, 11) is 0. The predicted octanol–water partition coefficient (Wildman–Crippen LogP) is 5.91. The third-order valence-electron chi connectivity index (χ3n) is 5.69. The first-order valence-corrected chi connectivity index (χ1v) is 13.1. The fourth-order valence-corrected chi connectivity index (χ4v) is 5.09. The third-order valence-corrected chi connectivity index (χ3v) is 6.99. The van der Waals surface area contributed by atoms with Crippen LogP contribution in [-0.4, -0.2) is 45.9 Å². The molecule has 0 aliphatic heterocycles. The molecule has 0 unspecified atom stereocenters. The Morgan fingerprint density at radius 3 is 2.61 bits per heavy atom. The van der Waals surface area contributed by atoms with Crippen molar-refractivity contribution in [1.29, 1.82) is 0 Å². The molecule has 0 fully saturated rings. The van der Waals surface area contributed by atoms with Gasteiger partial charge in [-0.05, 0) is 37.4 Å². The molecule has 5 nitrogen and oxygen atoms in total. The monoisotopic (exact) mass is 456 g/mol. The van der Waals surface area contributed by atoms with Gasteiger partial charge >= 0.3 is 5.97 Å². The second-order valence-electron chi connectivity index (χ2n) is 8.77. The van der Waals surface area contributed by atoms with Gasteiger partial charge < -0.3 is 20.1 Å². The number of carbonyl (C=O) groups is 1. The molecule has 1 aliphatic rings. The van der Waals surface area contributed by atoms with E-state index in [0.717, 1.165) is 54.9 Å². The minimum absolute atomic E-state index is 0.138. The highest BCUT2D eigenvalue weighted by Gasteiger charge is 2.33. The van der Waals surface area contributed by atoms with E-state index < -0.39 is 18.2 Å². The molecule has 0 aromatic rings. The summed E-state index contributed by atoms with van der Waals surface area (Å²) >= 11 is 1.71. The van der Waals surface area contributed by atoms with Crippen molar-refractivity contribution in [2.75, 3.05) is 12.4 Å². The van der Waals surface area contributed by atoms with Gasteiger partial charge in [-0.3, -0.25) is 4.79 Å². The number of ether oxygens (including phenoxy) is 1. The van der Waals surface area contributed by atoms with E-state index in [1.807, 2.05) is 12.2 Å². The van der Waals surface area contributed by atoms with Crippen LogP contribution in [0.3, 0.4) is 0 Å². The Morgan fingerprint density at radius 2 is 1.94 bits per heavy atom. The van der Waals surface area contributed by atoms with Gasteiger partial charge in [0.2, 0.25) is 0 Å². The van der Waals surface area contributed by atoms with Gasteiger partial charge in [-0.1, -0.05) is 65.0 Å². The van der Waals surface area contributed by atoms with E-state index in [1.165, 1.54) is 12.8 Å². The van der Waals surface area contributed by atoms with Crippen molar-refractivity contribution >= 4 is 17.7 Å². The zero-order valence-corrected chi connectivity index (χ0v) is 20.5. The number of unbranched alkanes of at least 4 members (excludes halogenated alkanes) is 4. The fraction of sp³-hybridized carbons (Fsp3) is 0.800. The first-order chi connectivity index (χ1) is 14.9. The second kappa shape index (κ2) is 16.6. The smallest absolute Gasteiger partial charge is 0.303 e. The lowest BCUT2D eigenvalue weighted by Gasteiger charge is -2.17. The zero-order chi connectivity index (χ0) is 23.1. The standard InChI is InChI=1S/C25H44O5S/c1-4-6-11-19(3)17-20(26)13-14-21-22(27)18-23(30-15-7-5-2)25(21)31-16-10-8-9-12-24(28)29/h13-14,19-22,26-27H,4-12,15-18H2,1-3H3,(H,28,29)/t19-,20-,21+,22-/m1/s1. The summed E-state index contributed by atoms with van der Waals surface area (Å²) < 4.78 is 6.01.